The van der Waals surface area contributed by atoms with E-state index in [0.717, 1.165) is 42.7 Å². The fraction of sp³-hybridized carbons (Fsp3) is 0.536. The molecule has 7 nitrogen and oxygen atoms in total. The Labute approximate surface area is 219 Å². The van der Waals surface area contributed by atoms with Crippen LogP contribution in [0.1, 0.15) is 74.1 Å². The van der Waals surface area contributed by atoms with Gasteiger partial charge in [-0.25, -0.2) is 4.98 Å². The van der Waals surface area contributed by atoms with Crippen molar-refractivity contribution in [3.05, 3.63) is 52.0 Å². The first-order valence-corrected chi connectivity index (χ1v) is 13.9. The first kappa shape index (κ1) is 27.9. The van der Waals surface area contributed by atoms with E-state index in [1.807, 2.05) is 37.2 Å². The summed E-state index contributed by atoms with van der Waals surface area (Å²) >= 11 is 1.73. The smallest absolute Gasteiger partial charge is 0.252 e. The highest BCUT2D eigenvalue weighted by Gasteiger charge is 2.24. The summed E-state index contributed by atoms with van der Waals surface area (Å²) in [7, 11) is 3.93. The van der Waals surface area contributed by atoms with E-state index in [9.17, 15) is 9.59 Å². The minimum absolute atomic E-state index is 0.142. The van der Waals surface area contributed by atoms with Crippen LogP contribution in [-0.2, 0) is 11.2 Å². The molecule has 2 aromatic heterocycles. The predicted octanol–water partition coefficient (Wildman–Crippen LogP) is 4.87. The summed E-state index contributed by atoms with van der Waals surface area (Å²) in [5.74, 6) is 0.906. The molecular formula is C28H41N5O2S. The van der Waals surface area contributed by atoms with Crippen molar-refractivity contribution < 1.29 is 9.59 Å². The Kier molecular flexibility index (Phi) is 10.1. The number of thiophene rings is 1. The molecule has 3 rings (SSSR count). The average molecular weight is 512 g/mol. The molecule has 0 aliphatic rings. The van der Waals surface area contributed by atoms with Crippen molar-refractivity contribution in [2.24, 2.45) is 5.92 Å². The maximum absolute atomic E-state index is 13.2. The second-order valence-electron chi connectivity index (χ2n) is 10.1. The Balaban J connectivity index is 1.86. The van der Waals surface area contributed by atoms with E-state index in [2.05, 4.69) is 60.4 Å². The van der Waals surface area contributed by atoms with E-state index in [1.165, 1.54) is 4.88 Å². The minimum Gasteiger partial charge on any atom is -0.353 e. The molecule has 0 aliphatic heterocycles. The van der Waals surface area contributed by atoms with Crippen molar-refractivity contribution in [2.45, 2.75) is 65.5 Å². The number of aromatic nitrogens is 2. The van der Waals surface area contributed by atoms with E-state index in [1.54, 1.807) is 11.3 Å². The van der Waals surface area contributed by atoms with E-state index < -0.39 is 6.04 Å². The summed E-state index contributed by atoms with van der Waals surface area (Å²) in [5.41, 5.74) is 2.39. The number of amides is 2. The van der Waals surface area contributed by atoms with E-state index >= 15 is 0 Å². The molecule has 0 aliphatic carbocycles. The average Bonchev–Trinajstić information content (AvgIpc) is 3.46. The molecule has 0 saturated heterocycles. The number of carbonyl (C=O) groups is 2. The van der Waals surface area contributed by atoms with Gasteiger partial charge < -0.3 is 20.1 Å². The van der Waals surface area contributed by atoms with Crippen molar-refractivity contribution in [3.8, 4) is 0 Å². The third-order valence-corrected chi connectivity index (χ3v) is 7.31. The second kappa shape index (κ2) is 13.0. The lowest BCUT2D eigenvalue weighted by Gasteiger charge is -2.21. The lowest BCUT2D eigenvalue weighted by atomic mass is 10.0. The van der Waals surface area contributed by atoms with Crippen molar-refractivity contribution in [1.82, 2.24) is 25.1 Å². The van der Waals surface area contributed by atoms with Crippen molar-refractivity contribution >= 4 is 34.2 Å². The zero-order chi connectivity index (χ0) is 26.2. The molecule has 196 valence electrons. The molecule has 0 saturated carbocycles. The van der Waals surface area contributed by atoms with E-state index in [4.69, 9.17) is 4.98 Å². The molecule has 0 unspecified atom stereocenters. The maximum Gasteiger partial charge on any atom is 0.252 e. The van der Waals surface area contributed by atoms with Gasteiger partial charge in [-0.1, -0.05) is 33.8 Å². The van der Waals surface area contributed by atoms with Gasteiger partial charge in [0.05, 0.1) is 11.0 Å². The van der Waals surface area contributed by atoms with Gasteiger partial charge in [-0.05, 0) is 68.9 Å². The van der Waals surface area contributed by atoms with Gasteiger partial charge in [0.2, 0.25) is 5.91 Å². The fourth-order valence-corrected chi connectivity index (χ4v) is 5.22. The highest BCUT2D eigenvalue weighted by atomic mass is 32.1. The third kappa shape index (κ3) is 7.17. The van der Waals surface area contributed by atoms with Gasteiger partial charge in [0.25, 0.3) is 5.91 Å². The molecule has 3 aromatic rings. The zero-order valence-corrected chi connectivity index (χ0v) is 23.3. The van der Waals surface area contributed by atoms with Crippen LogP contribution >= 0.6 is 11.3 Å². The molecule has 0 fully saturated rings. The lowest BCUT2D eigenvalue weighted by Crippen LogP contribution is -2.48. The fourth-order valence-electron chi connectivity index (χ4n) is 4.52. The number of hydrogen-bond donors (Lipinski definition) is 2. The van der Waals surface area contributed by atoms with Gasteiger partial charge in [-0.15, -0.1) is 11.3 Å². The third-order valence-electron chi connectivity index (χ3n) is 6.43. The van der Waals surface area contributed by atoms with Gasteiger partial charge in [0.1, 0.15) is 11.9 Å². The highest BCUT2D eigenvalue weighted by molar-refractivity contribution is 7.09. The molecule has 0 bridgehead atoms. The van der Waals surface area contributed by atoms with Crippen LogP contribution in [0.2, 0.25) is 0 Å². The lowest BCUT2D eigenvalue weighted by molar-refractivity contribution is -0.123. The molecule has 0 radical (unpaired) electrons. The number of likely N-dealkylation sites (N-methyl/N-ethyl adjacent to an activating group) is 1. The van der Waals surface area contributed by atoms with Crippen molar-refractivity contribution in [1.29, 1.82) is 0 Å². The molecule has 2 N–H and O–H groups in total. The van der Waals surface area contributed by atoms with Crippen molar-refractivity contribution in [3.63, 3.8) is 0 Å². The SMILES string of the molecule is CCC(CC)n1c(Cc2cccs2)nc2cc(C(=O)N[C@@H](CC(C)C)C(=O)NCCN(C)C)ccc21. The van der Waals surface area contributed by atoms with Gasteiger partial charge in [-0.2, -0.15) is 0 Å². The zero-order valence-electron chi connectivity index (χ0n) is 22.5. The largest absolute Gasteiger partial charge is 0.353 e. The number of carbonyl (C=O) groups excluding carboxylic acids is 2. The van der Waals surface area contributed by atoms with Crippen LogP contribution in [0.15, 0.2) is 35.7 Å². The Bertz CT molecular complexity index is 1130. The Hall–Kier alpha value is -2.71. The molecule has 0 spiro atoms. The first-order chi connectivity index (χ1) is 17.2. The Morgan fingerprint density at radius 3 is 2.50 bits per heavy atom. The minimum atomic E-state index is -0.577. The molecule has 36 heavy (non-hydrogen) atoms. The summed E-state index contributed by atoms with van der Waals surface area (Å²) in [6.45, 7) is 9.81. The summed E-state index contributed by atoms with van der Waals surface area (Å²) in [6.07, 6.45) is 3.38. The second-order valence-corrected chi connectivity index (χ2v) is 11.1. The Morgan fingerprint density at radius 2 is 1.89 bits per heavy atom. The van der Waals surface area contributed by atoms with Gasteiger partial charge in [0, 0.05) is 36.0 Å². The summed E-state index contributed by atoms with van der Waals surface area (Å²) in [5, 5.41) is 8.01. The van der Waals surface area contributed by atoms with Gasteiger partial charge >= 0.3 is 0 Å². The first-order valence-electron chi connectivity index (χ1n) is 13.0. The number of hydrogen-bond acceptors (Lipinski definition) is 5. The van der Waals surface area contributed by atoms with Crippen molar-refractivity contribution in [2.75, 3.05) is 27.2 Å². The number of benzene rings is 1. The van der Waals surface area contributed by atoms with Crippen LogP contribution in [0.3, 0.4) is 0 Å². The molecule has 2 amide bonds. The molecule has 8 heteroatoms. The standard InChI is InChI=1S/C28H41N5O2S/c1-7-21(8-2)33-25-12-11-20(17-23(25)30-26(33)18-22-10-9-15-36-22)27(34)31-24(16-19(3)4)28(35)29-13-14-32(5)6/h9-12,15,17,19,21,24H,7-8,13-14,16,18H2,1-6H3,(H,29,35)(H,31,34)/t24-/m0/s1. The predicted molar refractivity (Wildman–Crippen MR) is 149 cm³/mol. The number of nitrogens with one attached hydrogen (secondary N) is 2. The molecular weight excluding hydrogens is 470 g/mol. The van der Waals surface area contributed by atoms with Gasteiger partial charge in [0.15, 0.2) is 0 Å². The molecule has 2 heterocycles. The monoisotopic (exact) mass is 511 g/mol. The van der Waals surface area contributed by atoms with Crippen LogP contribution < -0.4 is 10.6 Å². The van der Waals surface area contributed by atoms with E-state index in [-0.39, 0.29) is 17.7 Å². The number of rotatable bonds is 13. The van der Waals surface area contributed by atoms with Crippen LogP contribution in [0, 0.1) is 5.92 Å². The molecule has 1 aromatic carbocycles. The van der Waals surface area contributed by atoms with Gasteiger partial charge in [-0.3, -0.25) is 9.59 Å². The Morgan fingerprint density at radius 1 is 1.14 bits per heavy atom. The van der Waals surface area contributed by atoms with Crippen LogP contribution in [0.5, 0.6) is 0 Å². The molecule has 1 atom stereocenters. The number of nitrogens with zero attached hydrogens (tertiary/aromatic N) is 3. The topological polar surface area (TPSA) is 79.3 Å². The highest BCUT2D eigenvalue weighted by Crippen LogP contribution is 2.28. The maximum atomic E-state index is 13.2. The van der Waals surface area contributed by atoms with Crippen LogP contribution in [-0.4, -0.2) is 59.5 Å². The van der Waals surface area contributed by atoms with E-state index in [0.29, 0.717) is 24.6 Å². The quantitative estimate of drug-likeness (QED) is 0.343. The summed E-state index contributed by atoms with van der Waals surface area (Å²) in [4.78, 5) is 34.3. The number of fused-ring (bicyclic) bond motifs is 1. The summed E-state index contributed by atoms with van der Waals surface area (Å²) in [6, 6.07) is 9.69. The van der Waals surface area contributed by atoms with Crippen LogP contribution in [0.25, 0.3) is 11.0 Å². The normalized spacial score (nSPS) is 12.6. The number of imidazole rings is 1. The summed E-state index contributed by atoms with van der Waals surface area (Å²) < 4.78 is 2.34. The van der Waals surface area contributed by atoms with Crippen LogP contribution in [0.4, 0.5) is 0 Å².